The van der Waals surface area contributed by atoms with Crippen LogP contribution in [0, 0.1) is 31.0 Å². The fourth-order valence-electron chi connectivity index (χ4n) is 2.52. The van der Waals surface area contributed by atoms with Crippen LogP contribution in [0.2, 0.25) is 5.02 Å². The Morgan fingerprint density at radius 2 is 2.07 bits per heavy atom. The molecule has 9 heteroatoms. The predicted molar refractivity (Wildman–Crippen MR) is 106 cm³/mol. The summed E-state index contributed by atoms with van der Waals surface area (Å²) in [7, 11) is 0. The fourth-order valence-corrected chi connectivity index (χ4v) is 2.69. The lowest BCUT2D eigenvalue weighted by Gasteiger charge is -2.13. The van der Waals surface area contributed by atoms with Crippen LogP contribution in [0.4, 0.5) is 21.8 Å². The Balaban J connectivity index is 1.66. The van der Waals surface area contributed by atoms with Crippen LogP contribution in [0.1, 0.15) is 16.8 Å². The van der Waals surface area contributed by atoms with Crippen LogP contribution in [0.15, 0.2) is 30.3 Å². The van der Waals surface area contributed by atoms with Crippen molar-refractivity contribution in [3.05, 3.63) is 58.0 Å². The van der Waals surface area contributed by atoms with Crippen LogP contribution in [-0.2, 0) is 0 Å². The van der Waals surface area contributed by atoms with Gasteiger partial charge in [-0.15, -0.1) is 0 Å². The number of nitrogens with zero attached hydrogens (tertiary/aromatic N) is 3. The van der Waals surface area contributed by atoms with Gasteiger partial charge in [0, 0.05) is 17.8 Å². The summed E-state index contributed by atoms with van der Waals surface area (Å²) in [5, 5.41) is 22.6. The summed E-state index contributed by atoms with van der Waals surface area (Å²) in [6, 6.07) is 9.95. The molecule has 0 saturated carbocycles. The predicted octanol–water partition coefficient (Wildman–Crippen LogP) is 4.32. The molecular weight excluding hydrogens is 383 g/mol. The number of aromatic nitrogens is 3. The molecule has 144 valence electrons. The van der Waals surface area contributed by atoms with Gasteiger partial charge in [0.2, 0.25) is 0 Å². The molecule has 1 aromatic carbocycles. The third-order valence-electron chi connectivity index (χ3n) is 3.84. The Kier molecular flexibility index (Phi) is 5.96. The van der Waals surface area contributed by atoms with Crippen molar-refractivity contribution in [2.45, 2.75) is 13.8 Å². The summed E-state index contributed by atoms with van der Waals surface area (Å²) in [5.41, 5.74) is 2.15. The Hall–Kier alpha value is -3.31. The van der Waals surface area contributed by atoms with E-state index >= 15 is 0 Å². The van der Waals surface area contributed by atoms with Crippen LogP contribution >= 0.6 is 11.6 Å². The quantitative estimate of drug-likeness (QED) is 0.511. The molecule has 0 atom stereocenters. The maximum Gasteiger partial charge on any atom is 0.153 e. The molecule has 3 aromatic rings. The molecule has 0 aliphatic rings. The monoisotopic (exact) mass is 400 g/mol. The molecular formula is C19H18ClFN6O. The minimum Gasteiger partial charge on any atom is -0.492 e. The molecule has 0 spiro atoms. The third kappa shape index (κ3) is 4.69. The van der Waals surface area contributed by atoms with Gasteiger partial charge >= 0.3 is 0 Å². The lowest BCUT2D eigenvalue weighted by molar-refractivity contribution is 0.332. The second kappa shape index (κ2) is 8.59. The molecule has 0 bridgehead atoms. The molecule has 0 unspecified atom stereocenters. The van der Waals surface area contributed by atoms with Gasteiger partial charge in [-0.2, -0.15) is 10.4 Å². The van der Waals surface area contributed by atoms with Gasteiger partial charge in [-0.25, -0.2) is 9.37 Å². The van der Waals surface area contributed by atoms with Gasteiger partial charge in [0.1, 0.15) is 35.9 Å². The lowest BCUT2D eigenvalue weighted by atomic mass is 10.1. The number of aryl methyl sites for hydroxylation is 2. The van der Waals surface area contributed by atoms with E-state index in [1.807, 2.05) is 19.9 Å². The zero-order valence-corrected chi connectivity index (χ0v) is 16.1. The van der Waals surface area contributed by atoms with E-state index in [1.54, 1.807) is 6.07 Å². The topological polar surface area (TPSA) is 98.7 Å². The lowest BCUT2D eigenvalue weighted by Crippen LogP contribution is -2.14. The molecule has 28 heavy (non-hydrogen) atoms. The normalized spacial score (nSPS) is 10.4. The highest BCUT2D eigenvalue weighted by molar-refractivity contribution is 6.30. The summed E-state index contributed by atoms with van der Waals surface area (Å²) in [5.74, 6) is 1.61. The van der Waals surface area contributed by atoms with Crippen LogP contribution in [0.3, 0.4) is 0 Å². The zero-order chi connectivity index (χ0) is 20.1. The molecule has 7 nitrogen and oxygen atoms in total. The van der Waals surface area contributed by atoms with Crippen molar-refractivity contribution in [2.24, 2.45) is 0 Å². The highest BCUT2D eigenvalue weighted by atomic mass is 35.5. The molecule has 0 radical (unpaired) electrons. The summed E-state index contributed by atoms with van der Waals surface area (Å²) >= 11 is 5.73. The number of hydrogen-bond acceptors (Lipinski definition) is 6. The molecule has 0 saturated heterocycles. The second-order valence-electron chi connectivity index (χ2n) is 6.07. The first-order valence-corrected chi connectivity index (χ1v) is 8.86. The van der Waals surface area contributed by atoms with E-state index in [1.165, 1.54) is 18.2 Å². The number of H-pyrrole nitrogens is 1. The van der Waals surface area contributed by atoms with E-state index in [9.17, 15) is 9.65 Å². The Labute approximate surface area is 166 Å². The standard InChI is InChI=1S/C19H18ClFN6O/c1-11-7-17(24-18-8-12(2)26-27-18)25-19(14(11)10-22)23-5-6-28-13-3-4-16(21)15(20)9-13/h3-4,7-9H,5-6H2,1-2H3,(H3,23,24,25,26,27). The van der Waals surface area contributed by atoms with Gasteiger partial charge in [0.05, 0.1) is 17.1 Å². The van der Waals surface area contributed by atoms with Crippen molar-refractivity contribution in [1.29, 1.82) is 5.26 Å². The van der Waals surface area contributed by atoms with Gasteiger partial charge < -0.3 is 15.4 Å². The molecule has 0 fully saturated rings. The molecule has 2 heterocycles. The van der Waals surface area contributed by atoms with Crippen molar-refractivity contribution in [3.63, 3.8) is 0 Å². The number of aromatic amines is 1. The summed E-state index contributed by atoms with van der Waals surface area (Å²) in [6.07, 6.45) is 0. The minimum absolute atomic E-state index is 0.00176. The fraction of sp³-hybridized carbons (Fsp3) is 0.211. The first kappa shape index (κ1) is 19.5. The van der Waals surface area contributed by atoms with E-state index in [4.69, 9.17) is 16.3 Å². The summed E-state index contributed by atoms with van der Waals surface area (Å²) < 4.78 is 18.7. The third-order valence-corrected chi connectivity index (χ3v) is 4.13. The van der Waals surface area contributed by atoms with Gasteiger partial charge in [-0.1, -0.05) is 11.6 Å². The van der Waals surface area contributed by atoms with Gasteiger partial charge in [-0.05, 0) is 37.6 Å². The molecule has 3 N–H and O–H groups in total. The van der Waals surface area contributed by atoms with E-state index in [0.29, 0.717) is 35.3 Å². The van der Waals surface area contributed by atoms with Crippen LogP contribution in [0.25, 0.3) is 0 Å². The summed E-state index contributed by atoms with van der Waals surface area (Å²) in [4.78, 5) is 4.45. The number of rotatable bonds is 7. The second-order valence-corrected chi connectivity index (χ2v) is 6.48. The van der Waals surface area contributed by atoms with Crippen molar-refractivity contribution >= 4 is 29.1 Å². The first-order chi connectivity index (χ1) is 13.5. The average molecular weight is 401 g/mol. The van der Waals surface area contributed by atoms with Gasteiger partial charge in [-0.3, -0.25) is 5.10 Å². The summed E-state index contributed by atoms with van der Waals surface area (Å²) in [6.45, 7) is 4.41. The van der Waals surface area contributed by atoms with Crippen molar-refractivity contribution in [3.8, 4) is 11.8 Å². The van der Waals surface area contributed by atoms with Crippen molar-refractivity contribution in [1.82, 2.24) is 15.2 Å². The minimum atomic E-state index is -0.498. The number of ether oxygens (including phenoxy) is 1. The largest absolute Gasteiger partial charge is 0.492 e. The van der Waals surface area contributed by atoms with E-state index in [-0.39, 0.29) is 11.6 Å². The Morgan fingerprint density at radius 3 is 2.75 bits per heavy atom. The zero-order valence-electron chi connectivity index (χ0n) is 15.3. The maximum absolute atomic E-state index is 13.2. The molecule has 0 aliphatic carbocycles. The van der Waals surface area contributed by atoms with Crippen molar-refractivity contribution in [2.75, 3.05) is 23.8 Å². The molecule has 0 amide bonds. The molecule has 2 aromatic heterocycles. The highest BCUT2D eigenvalue weighted by Crippen LogP contribution is 2.23. The van der Waals surface area contributed by atoms with Gasteiger partial charge in [0.25, 0.3) is 0 Å². The van der Waals surface area contributed by atoms with Gasteiger partial charge in [0.15, 0.2) is 5.82 Å². The number of anilines is 3. The average Bonchev–Trinajstić information content (AvgIpc) is 3.06. The number of nitrogens with one attached hydrogen (secondary N) is 3. The highest BCUT2D eigenvalue weighted by Gasteiger charge is 2.11. The smallest absolute Gasteiger partial charge is 0.153 e. The van der Waals surface area contributed by atoms with Crippen LogP contribution in [0.5, 0.6) is 5.75 Å². The number of halogens is 2. The Morgan fingerprint density at radius 1 is 1.25 bits per heavy atom. The van der Waals surface area contributed by atoms with E-state index in [0.717, 1.165) is 11.3 Å². The number of benzene rings is 1. The number of nitriles is 1. The van der Waals surface area contributed by atoms with Crippen LogP contribution in [-0.4, -0.2) is 28.3 Å². The van der Waals surface area contributed by atoms with E-state index in [2.05, 4.69) is 31.9 Å². The molecule has 3 rings (SSSR count). The Bertz CT molecular complexity index is 1030. The van der Waals surface area contributed by atoms with E-state index < -0.39 is 5.82 Å². The SMILES string of the molecule is Cc1cc(Nc2cc(C)c(C#N)c(NCCOc3ccc(F)c(Cl)c3)n2)n[nH]1. The first-order valence-electron chi connectivity index (χ1n) is 8.49. The number of pyridine rings is 1. The van der Waals surface area contributed by atoms with Crippen LogP contribution < -0.4 is 15.4 Å². The maximum atomic E-state index is 13.2. The molecule has 0 aliphatic heterocycles. The number of hydrogen-bond donors (Lipinski definition) is 3. The van der Waals surface area contributed by atoms with Crippen molar-refractivity contribution < 1.29 is 9.13 Å².